The number of hydrogen-bond donors (Lipinski definition) is 2. The van der Waals surface area contributed by atoms with E-state index in [4.69, 9.17) is 11.5 Å². The average molecular weight is 256 g/mol. The predicted octanol–water partition coefficient (Wildman–Crippen LogP) is 2.64. The highest BCUT2D eigenvalue weighted by Gasteiger charge is 2.16. The lowest BCUT2D eigenvalue weighted by Crippen LogP contribution is -2.14. The summed E-state index contributed by atoms with van der Waals surface area (Å²) >= 11 is 1.38. The van der Waals surface area contributed by atoms with Crippen molar-refractivity contribution in [2.45, 2.75) is 30.9 Å². The molecule has 0 spiro atoms. The van der Waals surface area contributed by atoms with Gasteiger partial charge in [-0.2, -0.15) is 0 Å². The van der Waals surface area contributed by atoms with Gasteiger partial charge in [0.2, 0.25) is 0 Å². The standard InChI is InChI=1S/C12H17FN2OS/c1-6(2)7(3)17-11-4-8(12(15)16)10(14)5-9(11)13/h4-7H,14H2,1-3H3,(H2,15,16). The number of nitrogens with two attached hydrogens (primary N) is 2. The van der Waals surface area contributed by atoms with Gasteiger partial charge in [0.15, 0.2) is 0 Å². The Morgan fingerprint density at radius 2 is 1.94 bits per heavy atom. The largest absolute Gasteiger partial charge is 0.398 e. The Morgan fingerprint density at radius 1 is 1.35 bits per heavy atom. The zero-order valence-corrected chi connectivity index (χ0v) is 11.0. The number of nitrogen functional groups attached to an aromatic ring is 1. The monoisotopic (exact) mass is 256 g/mol. The molecule has 0 aliphatic heterocycles. The van der Waals surface area contributed by atoms with Gasteiger partial charge >= 0.3 is 0 Å². The predicted molar refractivity (Wildman–Crippen MR) is 69.5 cm³/mol. The van der Waals surface area contributed by atoms with Crippen molar-refractivity contribution >= 4 is 23.4 Å². The fraction of sp³-hybridized carbons (Fsp3) is 0.417. The van der Waals surface area contributed by atoms with E-state index < -0.39 is 11.7 Å². The van der Waals surface area contributed by atoms with E-state index in [1.54, 1.807) is 0 Å². The molecule has 0 aliphatic rings. The van der Waals surface area contributed by atoms with Gasteiger partial charge < -0.3 is 11.5 Å². The van der Waals surface area contributed by atoms with Crippen molar-refractivity contribution in [2.75, 3.05) is 5.73 Å². The lowest BCUT2D eigenvalue weighted by atomic mass is 10.1. The molecule has 3 nitrogen and oxygen atoms in total. The third-order valence-electron chi connectivity index (χ3n) is 2.62. The van der Waals surface area contributed by atoms with Crippen molar-refractivity contribution in [3.63, 3.8) is 0 Å². The number of carbonyl (C=O) groups excluding carboxylic acids is 1. The molecule has 17 heavy (non-hydrogen) atoms. The van der Waals surface area contributed by atoms with Crippen LogP contribution in [0.4, 0.5) is 10.1 Å². The summed E-state index contributed by atoms with van der Waals surface area (Å²) in [5.41, 5.74) is 11.0. The maximum absolute atomic E-state index is 13.7. The van der Waals surface area contributed by atoms with Gasteiger partial charge in [-0.1, -0.05) is 20.8 Å². The molecule has 1 aromatic rings. The molecule has 0 saturated heterocycles. The third-order valence-corrected chi connectivity index (χ3v) is 4.10. The lowest BCUT2D eigenvalue weighted by molar-refractivity contribution is 0.100. The van der Waals surface area contributed by atoms with Gasteiger partial charge in [0.05, 0.1) is 5.56 Å². The van der Waals surface area contributed by atoms with Gasteiger partial charge in [0, 0.05) is 15.8 Å². The number of benzene rings is 1. The van der Waals surface area contributed by atoms with Crippen LogP contribution in [0.2, 0.25) is 0 Å². The molecule has 1 aromatic carbocycles. The maximum Gasteiger partial charge on any atom is 0.250 e. The summed E-state index contributed by atoms with van der Waals surface area (Å²) in [5, 5.41) is 0.244. The summed E-state index contributed by atoms with van der Waals surface area (Å²) in [4.78, 5) is 11.5. The topological polar surface area (TPSA) is 69.1 Å². The van der Waals surface area contributed by atoms with Crippen LogP contribution in [0.15, 0.2) is 17.0 Å². The number of primary amides is 1. The Bertz CT molecular complexity index is 435. The minimum absolute atomic E-state index is 0.0801. The smallest absolute Gasteiger partial charge is 0.250 e. The molecule has 0 saturated carbocycles. The number of halogens is 1. The zero-order chi connectivity index (χ0) is 13.2. The first-order valence-corrected chi connectivity index (χ1v) is 6.26. The van der Waals surface area contributed by atoms with E-state index in [1.165, 1.54) is 17.8 Å². The van der Waals surface area contributed by atoms with Crippen LogP contribution in [0.5, 0.6) is 0 Å². The summed E-state index contributed by atoms with van der Waals surface area (Å²) in [7, 11) is 0. The molecule has 0 aliphatic carbocycles. The summed E-state index contributed by atoms with van der Waals surface area (Å²) in [6.45, 7) is 6.12. The van der Waals surface area contributed by atoms with E-state index in [1.807, 2.05) is 6.92 Å². The van der Waals surface area contributed by atoms with E-state index >= 15 is 0 Å². The second-order valence-electron chi connectivity index (χ2n) is 4.30. The van der Waals surface area contributed by atoms with Crippen LogP contribution < -0.4 is 11.5 Å². The van der Waals surface area contributed by atoms with E-state index in [9.17, 15) is 9.18 Å². The second kappa shape index (κ2) is 5.40. The van der Waals surface area contributed by atoms with Crippen LogP contribution in [-0.2, 0) is 0 Å². The fourth-order valence-corrected chi connectivity index (χ4v) is 2.24. The van der Waals surface area contributed by atoms with Crippen molar-refractivity contribution < 1.29 is 9.18 Å². The molecule has 4 N–H and O–H groups in total. The van der Waals surface area contributed by atoms with E-state index in [2.05, 4.69) is 13.8 Å². The van der Waals surface area contributed by atoms with E-state index in [0.29, 0.717) is 10.8 Å². The molecule has 0 radical (unpaired) electrons. The first-order valence-electron chi connectivity index (χ1n) is 5.38. The number of anilines is 1. The van der Waals surface area contributed by atoms with Crippen LogP contribution in [0.25, 0.3) is 0 Å². The average Bonchev–Trinajstić information content (AvgIpc) is 2.21. The van der Waals surface area contributed by atoms with E-state index in [-0.39, 0.29) is 16.5 Å². The minimum atomic E-state index is -0.637. The quantitative estimate of drug-likeness (QED) is 0.642. The van der Waals surface area contributed by atoms with Crippen molar-refractivity contribution in [3.05, 3.63) is 23.5 Å². The molecule has 1 rings (SSSR count). The van der Waals surface area contributed by atoms with Crippen LogP contribution in [0.1, 0.15) is 31.1 Å². The number of amides is 1. The molecule has 0 aromatic heterocycles. The summed E-state index contributed by atoms with van der Waals surface area (Å²) in [6.07, 6.45) is 0. The van der Waals surface area contributed by atoms with Gasteiger partial charge in [-0.25, -0.2) is 4.39 Å². The summed E-state index contributed by atoms with van der Waals surface area (Å²) in [5.74, 6) is -0.638. The van der Waals surface area contributed by atoms with Gasteiger partial charge in [-0.05, 0) is 18.1 Å². The minimum Gasteiger partial charge on any atom is -0.398 e. The van der Waals surface area contributed by atoms with Gasteiger partial charge in [0.25, 0.3) is 5.91 Å². The molecule has 5 heteroatoms. The SMILES string of the molecule is CC(C)C(C)Sc1cc(C(N)=O)c(N)cc1F. The molecule has 0 bridgehead atoms. The summed E-state index contributed by atoms with van der Waals surface area (Å²) in [6, 6.07) is 2.58. The molecule has 1 amide bonds. The number of hydrogen-bond acceptors (Lipinski definition) is 3. The Morgan fingerprint density at radius 3 is 2.41 bits per heavy atom. The molecule has 1 unspecified atom stereocenters. The number of thioether (sulfide) groups is 1. The highest BCUT2D eigenvalue weighted by molar-refractivity contribution is 8.00. The van der Waals surface area contributed by atoms with Gasteiger partial charge in [-0.15, -0.1) is 11.8 Å². The highest BCUT2D eigenvalue weighted by atomic mass is 32.2. The van der Waals surface area contributed by atoms with Crippen molar-refractivity contribution in [1.29, 1.82) is 0 Å². The fourth-order valence-electron chi connectivity index (χ4n) is 1.21. The maximum atomic E-state index is 13.7. The summed E-state index contributed by atoms with van der Waals surface area (Å²) < 4.78 is 13.7. The molecule has 1 atom stereocenters. The van der Waals surface area contributed by atoms with Gasteiger partial charge in [-0.3, -0.25) is 4.79 Å². The van der Waals surface area contributed by atoms with Crippen molar-refractivity contribution in [3.8, 4) is 0 Å². The lowest BCUT2D eigenvalue weighted by Gasteiger charge is -2.16. The zero-order valence-electron chi connectivity index (χ0n) is 10.2. The normalized spacial score (nSPS) is 12.8. The van der Waals surface area contributed by atoms with Crippen LogP contribution in [-0.4, -0.2) is 11.2 Å². The molecule has 0 fully saturated rings. The molecular weight excluding hydrogens is 239 g/mol. The highest BCUT2D eigenvalue weighted by Crippen LogP contribution is 2.32. The molecular formula is C12H17FN2OS. The number of carbonyl (C=O) groups is 1. The third kappa shape index (κ3) is 3.36. The first kappa shape index (κ1) is 13.8. The van der Waals surface area contributed by atoms with E-state index in [0.717, 1.165) is 6.07 Å². The Kier molecular flexibility index (Phi) is 4.40. The second-order valence-corrected chi connectivity index (χ2v) is 5.72. The first-order chi connectivity index (χ1) is 7.82. The molecule has 0 heterocycles. The Hall–Kier alpha value is -1.23. The van der Waals surface area contributed by atoms with Crippen molar-refractivity contribution in [1.82, 2.24) is 0 Å². The number of rotatable bonds is 4. The van der Waals surface area contributed by atoms with Crippen LogP contribution >= 0.6 is 11.8 Å². The van der Waals surface area contributed by atoms with Gasteiger partial charge in [0.1, 0.15) is 5.82 Å². The molecule has 94 valence electrons. The van der Waals surface area contributed by atoms with Crippen LogP contribution in [0.3, 0.4) is 0 Å². The van der Waals surface area contributed by atoms with Crippen molar-refractivity contribution in [2.24, 2.45) is 11.7 Å². The Labute approximate surface area is 105 Å². The van der Waals surface area contributed by atoms with Crippen LogP contribution in [0, 0.1) is 11.7 Å². The Balaban J connectivity index is 3.08.